The van der Waals surface area contributed by atoms with E-state index in [1.165, 1.54) is 37.7 Å². The predicted molar refractivity (Wildman–Crippen MR) is 94.1 cm³/mol. The molecule has 0 bridgehead atoms. The van der Waals surface area contributed by atoms with Crippen LogP contribution in [-0.4, -0.2) is 46.9 Å². The molecule has 1 aromatic heterocycles. The number of unbranched alkanes of at least 4 members (excludes halogenated alkanes) is 5. The highest BCUT2D eigenvalue weighted by Gasteiger charge is 2.20. The first-order chi connectivity index (χ1) is 11.3. The predicted octanol–water partition coefficient (Wildman–Crippen LogP) is 3.48. The summed E-state index contributed by atoms with van der Waals surface area (Å²) in [4.78, 5) is 20.9. The van der Waals surface area contributed by atoms with Crippen molar-refractivity contribution in [1.82, 2.24) is 14.8 Å². The second-order valence-corrected chi connectivity index (χ2v) is 6.54. The second-order valence-electron chi connectivity index (χ2n) is 6.54. The molecular formula is C19H31N3O. The lowest BCUT2D eigenvalue weighted by Gasteiger charge is -2.34. The number of hydrogen-bond acceptors (Lipinski definition) is 3. The van der Waals surface area contributed by atoms with E-state index in [-0.39, 0.29) is 0 Å². The number of rotatable bonds is 9. The van der Waals surface area contributed by atoms with Gasteiger partial charge in [0.2, 0.25) is 5.91 Å². The van der Waals surface area contributed by atoms with E-state index in [4.69, 9.17) is 0 Å². The zero-order chi connectivity index (χ0) is 16.3. The van der Waals surface area contributed by atoms with Crippen LogP contribution in [0.15, 0.2) is 24.5 Å². The number of aromatic nitrogens is 1. The fourth-order valence-electron chi connectivity index (χ4n) is 3.12. The van der Waals surface area contributed by atoms with Crippen molar-refractivity contribution in [3.8, 4) is 0 Å². The summed E-state index contributed by atoms with van der Waals surface area (Å²) in [6.45, 7) is 6.85. The highest BCUT2D eigenvalue weighted by atomic mass is 16.2. The third-order valence-electron chi connectivity index (χ3n) is 4.60. The van der Waals surface area contributed by atoms with Gasteiger partial charge in [-0.1, -0.05) is 45.1 Å². The standard InChI is InChI=1S/C19H31N3O/c1-2-3-4-5-6-7-10-19(23)22-14-12-21(13-15-22)17-18-9-8-11-20-16-18/h8-9,11,16H,2-7,10,12-15,17H2,1H3. The molecule has 0 N–H and O–H groups in total. The van der Waals surface area contributed by atoms with Gasteiger partial charge in [0.05, 0.1) is 0 Å². The number of piperazine rings is 1. The van der Waals surface area contributed by atoms with E-state index < -0.39 is 0 Å². The van der Waals surface area contributed by atoms with E-state index in [0.29, 0.717) is 5.91 Å². The Morgan fingerprint density at radius 1 is 1.09 bits per heavy atom. The number of carbonyl (C=O) groups is 1. The largest absolute Gasteiger partial charge is 0.340 e. The van der Waals surface area contributed by atoms with E-state index in [2.05, 4.69) is 22.9 Å². The second kappa shape index (κ2) is 10.4. The van der Waals surface area contributed by atoms with Crippen LogP contribution in [0.1, 0.15) is 57.4 Å². The zero-order valence-corrected chi connectivity index (χ0v) is 14.5. The first-order valence-electron chi connectivity index (χ1n) is 9.18. The minimum Gasteiger partial charge on any atom is -0.340 e. The lowest BCUT2D eigenvalue weighted by Crippen LogP contribution is -2.48. The molecule has 2 rings (SSSR count). The molecule has 1 saturated heterocycles. The molecule has 1 aromatic rings. The van der Waals surface area contributed by atoms with Gasteiger partial charge in [-0.15, -0.1) is 0 Å². The zero-order valence-electron chi connectivity index (χ0n) is 14.5. The Hall–Kier alpha value is -1.42. The van der Waals surface area contributed by atoms with E-state index in [1.54, 1.807) is 0 Å². The molecule has 0 aliphatic carbocycles. The highest BCUT2D eigenvalue weighted by molar-refractivity contribution is 5.76. The Kier molecular flexibility index (Phi) is 8.08. The quantitative estimate of drug-likeness (QED) is 0.654. The molecule has 1 aliphatic rings. The van der Waals surface area contributed by atoms with Crippen molar-refractivity contribution in [2.24, 2.45) is 0 Å². The number of hydrogen-bond donors (Lipinski definition) is 0. The van der Waals surface area contributed by atoms with Crippen LogP contribution in [-0.2, 0) is 11.3 Å². The van der Waals surface area contributed by atoms with Crippen molar-refractivity contribution >= 4 is 5.91 Å². The van der Waals surface area contributed by atoms with Gasteiger partial charge in [-0.05, 0) is 18.1 Å². The minimum absolute atomic E-state index is 0.349. The summed E-state index contributed by atoms with van der Waals surface area (Å²) in [5, 5.41) is 0. The third kappa shape index (κ3) is 6.69. The van der Waals surface area contributed by atoms with Crippen LogP contribution >= 0.6 is 0 Å². The van der Waals surface area contributed by atoms with Gasteiger partial charge in [0, 0.05) is 51.5 Å². The molecular weight excluding hydrogens is 286 g/mol. The van der Waals surface area contributed by atoms with Gasteiger partial charge >= 0.3 is 0 Å². The number of amides is 1. The van der Waals surface area contributed by atoms with Gasteiger partial charge in [0.15, 0.2) is 0 Å². The summed E-state index contributed by atoms with van der Waals surface area (Å²) < 4.78 is 0. The lowest BCUT2D eigenvalue weighted by atomic mass is 10.1. The average Bonchev–Trinajstić information content (AvgIpc) is 2.59. The molecule has 0 aromatic carbocycles. The molecule has 1 fully saturated rings. The smallest absolute Gasteiger partial charge is 0.222 e. The Morgan fingerprint density at radius 2 is 1.83 bits per heavy atom. The lowest BCUT2D eigenvalue weighted by molar-refractivity contribution is -0.133. The molecule has 1 aliphatic heterocycles. The Labute approximate surface area is 140 Å². The Bertz CT molecular complexity index is 441. The molecule has 23 heavy (non-hydrogen) atoms. The molecule has 4 nitrogen and oxygen atoms in total. The fraction of sp³-hybridized carbons (Fsp3) is 0.684. The molecule has 0 unspecified atom stereocenters. The van der Waals surface area contributed by atoms with E-state index in [1.807, 2.05) is 23.4 Å². The van der Waals surface area contributed by atoms with Gasteiger partial charge in [-0.25, -0.2) is 0 Å². The van der Waals surface area contributed by atoms with Gasteiger partial charge < -0.3 is 4.90 Å². The van der Waals surface area contributed by atoms with Gasteiger partial charge in [0.1, 0.15) is 0 Å². The molecule has 2 heterocycles. The van der Waals surface area contributed by atoms with Crippen LogP contribution in [0.5, 0.6) is 0 Å². The Balaban J connectivity index is 1.59. The summed E-state index contributed by atoms with van der Waals surface area (Å²) >= 11 is 0. The average molecular weight is 317 g/mol. The molecule has 1 amide bonds. The van der Waals surface area contributed by atoms with E-state index >= 15 is 0 Å². The summed E-state index contributed by atoms with van der Waals surface area (Å²) in [5.74, 6) is 0.349. The summed E-state index contributed by atoms with van der Waals surface area (Å²) in [6, 6.07) is 4.10. The normalized spacial score (nSPS) is 15.8. The molecule has 0 atom stereocenters. The van der Waals surface area contributed by atoms with Crippen molar-refractivity contribution in [2.75, 3.05) is 26.2 Å². The number of carbonyl (C=O) groups excluding carboxylic acids is 1. The summed E-state index contributed by atoms with van der Waals surface area (Å²) in [7, 11) is 0. The van der Waals surface area contributed by atoms with Gasteiger partial charge in [0.25, 0.3) is 0 Å². The van der Waals surface area contributed by atoms with Crippen LogP contribution < -0.4 is 0 Å². The third-order valence-corrected chi connectivity index (χ3v) is 4.60. The van der Waals surface area contributed by atoms with Crippen LogP contribution in [0.2, 0.25) is 0 Å². The van der Waals surface area contributed by atoms with Crippen LogP contribution in [0.4, 0.5) is 0 Å². The maximum atomic E-state index is 12.2. The van der Waals surface area contributed by atoms with E-state index in [9.17, 15) is 4.79 Å². The van der Waals surface area contributed by atoms with Crippen molar-refractivity contribution in [3.05, 3.63) is 30.1 Å². The highest BCUT2D eigenvalue weighted by Crippen LogP contribution is 2.11. The molecule has 0 radical (unpaired) electrons. The summed E-state index contributed by atoms with van der Waals surface area (Å²) in [6.07, 6.45) is 11.9. The van der Waals surface area contributed by atoms with E-state index in [0.717, 1.165) is 45.6 Å². The molecule has 4 heteroatoms. The minimum atomic E-state index is 0.349. The number of pyridine rings is 1. The molecule has 0 spiro atoms. The fourth-order valence-corrected chi connectivity index (χ4v) is 3.12. The van der Waals surface area contributed by atoms with Crippen LogP contribution in [0.3, 0.4) is 0 Å². The van der Waals surface area contributed by atoms with Gasteiger partial charge in [-0.3, -0.25) is 14.7 Å². The van der Waals surface area contributed by atoms with Crippen molar-refractivity contribution in [1.29, 1.82) is 0 Å². The topological polar surface area (TPSA) is 36.4 Å². The van der Waals surface area contributed by atoms with Crippen molar-refractivity contribution in [3.63, 3.8) is 0 Å². The maximum absolute atomic E-state index is 12.2. The molecule has 0 saturated carbocycles. The number of nitrogens with zero attached hydrogens (tertiary/aromatic N) is 3. The maximum Gasteiger partial charge on any atom is 0.222 e. The first kappa shape index (κ1) is 17.9. The SMILES string of the molecule is CCCCCCCCC(=O)N1CCN(Cc2cccnc2)CC1. The summed E-state index contributed by atoms with van der Waals surface area (Å²) in [5.41, 5.74) is 1.25. The van der Waals surface area contributed by atoms with Gasteiger partial charge in [-0.2, -0.15) is 0 Å². The van der Waals surface area contributed by atoms with Crippen molar-refractivity contribution < 1.29 is 4.79 Å². The van der Waals surface area contributed by atoms with Crippen LogP contribution in [0, 0.1) is 0 Å². The Morgan fingerprint density at radius 3 is 2.52 bits per heavy atom. The molecule has 128 valence electrons. The van der Waals surface area contributed by atoms with Crippen LogP contribution in [0.25, 0.3) is 0 Å². The first-order valence-corrected chi connectivity index (χ1v) is 9.18. The monoisotopic (exact) mass is 317 g/mol. The van der Waals surface area contributed by atoms with Crippen molar-refractivity contribution in [2.45, 2.75) is 58.4 Å².